The fourth-order valence-corrected chi connectivity index (χ4v) is 2.26. The second-order valence-electron chi connectivity index (χ2n) is 5.89. The van der Waals surface area contributed by atoms with E-state index in [1.165, 1.54) is 5.56 Å². The lowest BCUT2D eigenvalue weighted by Crippen LogP contribution is -2.26. The van der Waals surface area contributed by atoms with Crippen LogP contribution in [0, 0.1) is 19.8 Å². The summed E-state index contributed by atoms with van der Waals surface area (Å²) in [5.41, 5.74) is 3.56. The molecule has 0 aliphatic rings. The van der Waals surface area contributed by atoms with Crippen molar-refractivity contribution >= 4 is 0 Å². The summed E-state index contributed by atoms with van der Waals surface area (Å²) in [6.07, 6.45) is 1.02. The molecule has 1 heterocycles. The van der Waals surface area contributed by atoms with Gasteiger partial charge >= 0.3 is 0 Å². The Morgan fingerprint density at radius 3 is 2.20 bits per heavy atom. The maximum Gasteiger partial charge on any atom is 0.131 e. The maximum atomic E-state index is 5.03. The normalized spacial score (nSPS) is 12.9. The molecule has 0 aromatic carbocycles. The van der Waals surface area contributed by atoms with Crippen molar-refractivity contribution < 1.29 is 4.74 Å². The molecule has 1 aromatic heterocycles. The molecule has 0 aliphatic heterocycles. The van der Waals surface area contributed by atoms with Crippen molar-refractivity contribution in [3.63, 3.8) is 0 Å². The van der Waals surface area contributed by atoms with Crippen LogP contribution in [-0.2, 0) is 11.2 Å². The zero-order valence-electron chi connectivity index (χ0n) is 13.8. The Kier molecular flexibility index (Phi) is 7.10. The summed E-state index contributed by atoms with van der Waals surface area (Å²) in [4.78, 5) is 9.29. The first-order valence-electron chi connectivity index (χ1n) is 7.49. The first-order chi connectivity index (χ1) is 9.45. The van der Waals surface area contributed by atoms with Crippen molar-refractivity contribution in [1.29, 1.82) is 0 Å². The van der Waals surface area contributed by atoms with Gasteiger partial charge in [-0.25, -0.2) is 9.97 Å². The van der Waals surface area contributed by atoms with E-state index in [0.717, 1.165) is 43.3 Å². The van der Waals surface area contributed by atoms with Crippen LogP contribution in [0.5, 0.6) is 0 Å². The number of nitrogens with zero attached hydrogens (tertiary/aromatic N) is 2. The molecule has 114 valence electrons. The third-order valence-electron chi connectivity index (χ3n) is 3.48. The Labute approximate surface area is 123 Å². The minimum atomic E-state index is 0.384. The van der Waals surface area contributed by atoms with E-state index in [1.807, 2.05) is 0 Å². The Balaban J connectivity index is 2.63. The fourth-order valence-electron chi connectivity index (χ4n) is 2.26. The van der Waals surface area contributed by atoms with Crippen molar-refractivity contribution in [3.05, 3.63) is 22.8 Å². The maximum absolute atomic E-state index is 5.03. The van der Waals surface area contributed by atoms with Crippen LogP contribution in [0.1, 0.15) is 49.5 Å². The molecule has 0 bridgehead atoms. The summed E-state index contributed by atoms with van der Waals surface area (Å²) in [7, 11) is 1.73. The second-order valence-corrected chi connectivity index (χ2v) is 5.89. The predicted octanol–water partition coefficient (Wildman–Crippen LogP) is 2.63. The molecular formula is C16H29N3O. The highest BCUT2D eigenvalue weighted by Crippen LogP contribution is 2.18. The summed E-state index contributed by atoms with van der Waals surface area (Å²) in [6.45, 7) is 13.4. The third kappa shape index (κ3) is 5.17. The van der Waals surface area contributed by atoms with Crippen LogP contribution >= 0.6 is 0 Å². The average molecular weight is 279 g/mol. The summed E-state index contributed by atoms with van der Waals surface area (Å²) < 4.78 is 5.03. The average Bonchev–Trinajstić information content (AvgIpc) is 2.38. The van der Waals surface area contributed by atoms with Gasteiger partial charge in [-0.05, 0) is 38.3 Å². The van der Waals surface area contributed by atoms with Crippen molar-refractivity contribution in [2.45, 2.75) is 47.0 Å². The summed E-state index contributed by atoms with van der Waals surface area (Å²) in [5, 5.41) is 3.41. The highest BCUT2D eigenvalue weighted by molar-refractivity contribution is 5.25. The number of ether oxygens (including phenoxy) is 1. The number of nitrogens with one attached hydrogen (secondary N) is 1. The monoisotopic (exact) mass is 279 g/mol. The first-order valence-corrected chi connectivity index (χ1v) is 7.49. The standard InChI is InChI=1S/C16H29N3O/c1-11(2)16-18-13(4)15(14(5)19-16)9-12(3)10-17-7-8-20-6/h11-12,17H,7-10H2,1-6H3. The molecule has 1 N–H and O–H groups in total. The quantitative estimate of drug-likeness (QED) is 0.743. The van der Waals surface area contributed by atoms with E-state index in [-0.39, 0.29) is 0 Å². The van der Waals surface area contributed by atoms with Crippen molar-refractivity contribution in [2.75, 3.05) is 26.8 Å². The van der Waals surface area contributed by atoms with Gasteiger partial charge in [0.1, 0.15) is 5.82 Å². The number of hydrogen-bond acceptors (Lipinski definition) is 4. The molecule has 20 heavy (non-hydrogen) atoms. The van der Waals surface area contributed by atoms with E-state index in [9.17, 15) is 0 Å². The van der Waals surface area contributed by atoms with Crippen molar-refractivity contribution in [1.82, 2.24) is 15.3 Å². The lowest BCUT2D eigenvalue weighted by atomic mass is 9.98. The number of methoxy groups -OCH3 is 1. The van der Waals surface area contributed by atoms with Crippen LogP contribution < -0.4 is 5.32 Å². The van der Waals surface area contributed by atoms with E-state index < -0.39 is 0 Å². The minimum Gasteiger partial charge on any atom is -0.383 e. The first kappa shape index (κ1) is 17.1. The SMILES string of the molecule is COCCNCC(C)Cc1c(C)nc(C(C)C)nc1C. The van der Waals surface area contributed by atoms with Crippen LogP contribution in [0.4, 0.5) is 0 Å². The Bertz CT molecular complexity index is 395. The van der Waals surface area contributed by atoms with Gasteiger partial charge in [0.05, 0.1) is 6.61 Å². The second kappa shape index (κ2) is 8.32. The van der Waals surface area contributed by atoms with Gasteiger partial charge in [0.15, 0.2) is 0 Å². The topological polar surface area (TPSA) is 47.0 Å². The Hall–Kier alpha value is -1.00. The van der Waals surface area contributed by atoms with E-state index in [2.05, 4.69) is 49.9 Å². The molecule has 1 atom stereocenters. The lowest BCUT2D eigenvalue weighted by molar-refractivity contribution is 0.198. The molecule has 0 saturated heterocycles. The molecule has 1 unspecified atom stereocenters. The summed E-state index contributed by atoms with van der Waals surface area (Å²) in [5.74, 6) is 1.90. The zero-order chi connectivity index (χ0) is 15.1. The molecule has 0 spiro atoms. The van der Waals surface area contributed by atoms with Crippen LogP contribution in [0.25, 0.3) is 0 Å². The van der Waals surface area contributed by atoms with Crippen molar-refractivity contribution in [3.8, 4) is 0 Å². The minimum absolute atomic E-state index is 0.384. The van der Waals surface area contributed by atoms with E-state index in [0.29, 0.717) is 11.8 Å². The summed E-state index contributed by atoms with van der Waals surface area (Å²) >= 11 is 0. The predicted molar refractivity (Wildman–Crippen MR) is 83.2 cm³/mol. The number of rotatable bonds is 8. The smallest absolute Gasteiger partial charge is 0.131 e. The van der Waals surface area contributed by atoms with Gasteiger partial charge in [-0.1, -0.05) is 20.8 Å². The number of hydrogen-bond donors (Lipinski definition) is 1. The van der Waals surface area contributed by atoms with Crippen LogP contribution in [0.15, 0.2) is 0 Å². The highest BCUT2D eigenvalue weighted by Gasteiger charge is 2.13. The van der Waals surface area contributed by atoms with Gasteiger partial charge < -0.3 is 10.1 Å². The highest BCUT2D eigenvalue weighted by atomic mass is 16.5. The molecule has 4 nitrogen and oxygen atoms in total. The number of aromatic nitrogens is 2. The Morgan fingerprint density at radius 2 is 1.70 bits per heavy atom. The van der Waals surface area contributed by atoms with E-state index in [4.69, 9.17) is 4.74 Å². The van der Waals surface area contributed by atoms with Crippen LogP contribution in [0.3, 0.4) is 0 Å². The van der Waals surface area contributed by atoms with E-state index in [1.54, 1.807) is 7.11 Å². The van der Waals surface area contributed by atoms with Gasteiger partial charge in [0, 0.05) is 31.0 Å². The zero-order valence-corrected chi connectivity index (χ0v) is 13.8. The summed E-state index contributed by atoms with van der Waals surface area (Å²) in [6, 6.07) is 0. The molecule has 0 fully saturated rings. The molecule has 0 amide bonds. The molecule has 0 radical (unpaired) electrons. The lowest BCUT2D eigenvalue weighted by Gasteiger charge is -2.17. The molecule has 1 aromatic rings. The van der Waals surface area contributed by atoms with Gasteiger partial charge in [-0.15, -0.1) is 0 Å². The van der Waals surface area contributed by atoms with Gasteiger partial charge in [-0.2, -0.15) is 0 Å². The van der Waals surface area contributed by atoms with Crippen LogP contribution in [0.2, 0.25) is 0 Å². The van der Waals surface area contributed by atoms with Gasteiger partial charge in [-0.3, -0.25) is 0 Å². The molecule has 1 rings (SSSR count). The largest absolute Gasteiger partial charge is 0.383 e. The molecule has 0 aliphatic carbocycles. The third-order valence-corrected chi connectivity index (χ3v) is 3.48. The number of aryl methyl sites for hydroxylation is 2. The van der Waals surface area contributed by atoms with Gasteiger partial charge in [0.2, 0.25) is 0 Å². The van der Waals surface area contributed by atoms with E-state index >= 15 is 0 Å². The molecular weight excluding hydrogens is 250 g/mol. The molecule has 0 saturated carbocycles. The Morgan fingerprint density at radius 1 is 1.10 bits per heavy atom. The fraction of sp³-hybridized carbons (Fsp3) is 0.750. The molecule has 4 heteroatoms. The van der Waals surface area contributed by atoms with Crippen molar-refractivity contribution in [2.24, 2.45) is 5.92 Å². The van der Waals surface area contributed by atoms with Crippen LogP contribution in [-0.4, -0.2) is 36.8 Å². The van der Waals surface area contributed by atoms with Gasteiger partial charge in [0.25, 0.3) is 0 Å².